The second-order valence-corrected chi connectivity index (χ2v) is 7.68. The largest absolute Gasteiger partial charge is 0.465 e. The van der Waals surface area contributed by atoms with Gasteiger partial charge in [0.15, 0.2) is 5.65 Å². The van der Waals surface area contributed by atoms with Gasteiger partial charge >= 0.3 is 5.97 Å². The average molecular weight is 462 g/mol. The number of fused-ring (bicyclic) bond motifs is 2. The maximum Gasteiger partial charge on any atom is 0.337 e. The molecule has 4 N–H and O–H groups in total. The van der Waals surface area contributed by atoms with Crippen LogP contribution in [0.2, 0.25) is 5.02 Å². The fourth-order valence-electron chi connectivity index (χ4n) is 4.05. The van der Waals surface area contributed by atoms with E-state index in [4.69, 9.17) is 27.2 Å². The van der Waals surface area contributed by atoms with Gasteiger partial charge in [-0.1, -0.05) is 17.7 Å². The molecular weight excluding hydrogens is 441 g/mol. The Labute approximate surface area is 188 Å². The molecule has 0 atom stereocenters. The maximum absolute atomic E-state index is 11.9. The minimum atomic E-state index is -0.414. The Bertz CT molecular complexity index is 1280. The van der Waals surface area contributed by atoms with Crippen molar-refractivity contribution in [3.05, 3.63) is 35.1 Å². The van der Waals surface area contributed by atoms with Crippen molar-refractivity contribution in [1.29, 1.82) is 0 Å². The summed E-state index contributed by atoms with van der Waals surface area (Å²) in [4.78, 5) is 23.8. The molecule has 0 aliphatic carbocycles. The van der Waals surface area contributed by atoms with E-state index in [1.165, 1.54) is 13.4 Å². The maximum atomic E-state index is 11.9. The third-order valence-corrected chi connectivity index (χ3v) is 5.96. The van der Waals surface area contributed by atoms with Crippen molar-refractivity contribution in [2.75, 3.05) is 25.9 Å². The predicted octanol–water partition coefficient (Wildman–Crippen LogP) is 3.34. The highest BCUT2D eigenvalue weighted by Gasteiger charge is 2.26. The number of carbonyl (C=O) groups excluding carboxylic acids is 1. The van der Waals surface area contributed by atoms with Gasteiger partial charge in [0.1, 0.15) is 17.8 Å². The fraction of sp³-hybridized carbons (Fsp3) is 0.300. The minimum Gasteiger partial charge on any atom is -0.465 e. The number of methoxy groups -OCH3 is 1. The number of benzene rings is 1. The van der Waals surface area contributed by atoms with Crippen molar-refractivity contribution in [3.8, 4) is 11.4 Å². The summed E-state index contributed by atoms with van der Waals surface area (Å²) in [6, 6.07) is 5.39. The number of ether oxygens (including phenoxy) is 1. The van der Waals surface area contributed by atoms with E-state index in [9.17, 15) is 4.79 Å². The third-order valence-electron chi connectivity index (χ3n) is 5.57. The first-order valence-electron chi connectivity index (χ1n) is 9.67. The van der Waals surface area contributed by atoms with Crippen molar-refractivity contribution in [2.24, 2.45) is 0 Å². The molecule has 0 unspecified atom stereocenters. The summed E-state index contributed by atoms with van der Waals surface area (Å²) in [5.74, 6) is -0.0670. The lowest BCUT2D eigenvalue weighted by Crippen LogP contribution is -2.30. The zero-order valence-corrected chi connectivity index (χ0v) is 18.3. The Morgan fingerprint density at radius 1 is 1.29 bits per heavy atom. The van der Waals surface area contributed by atoms with Crippen LogP contribution in [0, 0.1) is 0 Å². The summed E-state index contributed by atoms with van der Waals surface area (Å²) < 4.78 is 6.75. The van der Waals surface area contributed by atoms with Crippen LogP contribution in [0.5, 0.6) is 0 Å². The quantitative estimate of drug-likeness (QED) is 0.399. The first-order chi connectivity index (χ1) is 14.6. The van der Waals surface area contributed by atoms with Gasteiger partial charge in [0.2, 0.25) is 0 Å². The van der Waals surface area contributed by atoms with Gasteiger partial charge < -0.3 is 20.8 Å². The molecule has 31 heavy (non-hydrogen) atoms. The van der Waals surface area contributed by atoms with Crippen LogP contribution in [0.25, 0.3) is 33.3 Å². The van der Waals surface area contributed by atoms with Crippen molar-refractivity contribution >= 4 is 57.7 Å². The molecule has 1 aliphatic rings. The molecule has 0 saturated carbocycles. The number of nitrogens with one attached hydrogen (secondary N) is 2. The Kier molecular flexibility index (Phi) is 5.74. The number of aromatic amines is 1. The molecule has 1 saturated heterocycles. The minimum absolute atomic E-state index is 0. The highest BCUT2D eigenvalue weighted by Crippen LogP contribution is 2.39. The van der Waals surface area contributed by atoms with Gasteiger partial charge in [-0.05, 0) is 38.1 Å². The van der Waals surface area contributed by atoms with Gasteiger partial charge in [0.25, 0.3) is 0 Å². The number of piperidine rings is 1. The van der Waals surface area contributed by atoms with Crippen LogP contribution < -0.4 is 11.1 Å². The molecule has 9 nitrogen and oxygen atoms in total. The van der Waals surface area contributed by atoms with Crippen LogP contribution in [0.4, 0.5) is 5.82 Å². The number of carbonyl (C=O) groups is 1. The summed E-state index contributed by atoms with van der Waals surface area (Å²) >= 11 is 6.72. The number of nitrogen functional groups attached to an aromatic ring is 1. The number of nitrogens with two attached hydrogens (primary N) is 1. The van der Waals surface area contributed by atoms with Crippen LogP contribution in [-0.4, -0.2) is 50.9 Å². The zero-order valence-electron chi connectivity index (χ0n) is 16.7. The summed E-state index contributed by atoms with van der Waals surface area (Å²) in [5.41, 5.74) is 9.27. The van der Waals surface area contributed by atoms with Crippen LogP contribution in [0.15, 0.2) is 24.5 Å². The van der Waals surface area contributed by atoms with E-state index in [-0.39, 0.29) is 18.4 Å². The van der Waals surface area contributed by atoms with Crippen LogP contribution in [-0.2, 0) is 4.74 Å². The van der Waals surface area contributed by atoms with Crippen LogP contribution >= 0.6 is 24.0 Å². The van der Waals surface area contributed by atoms with E-state index in [1.54, 1.807) is 18.2 Å². The Morgan fingerprint density at radius 2 is 2.06 bits per heavy atom. The number of aromatic nitrogens is 5. The number of hydrogen-bond donors (Lipinski definition) is 3. The molecule has 162 valence electrons. The van der Waals surface area contributed by atoms with E-state index in [0.29, 0.717) is 44.3 Å². The Morgan fingerprint density at radius 3 is 2.81 bits per heavy atom. The molecule has 1 fully saturated rings. The number of esters is 1. The number of rotatable bonds is 3. The molecule has 1 aliphatic heterocycles. The molecule has 0 amide bonds. The standard InChI is InChI=1S/C20H20ClN7O2.ClH/c1-30-20(29)10-2-3-12-13(8-10)26-17(15(12)21)16-14-18(22)24-9-25-19(14)28(27-16)11-4-6-23-7-5-11;/h2-3,8-9,11,23,26H,4-7H2,1H3,(H2,22,24,25);1H. The highest BCUT2D eigenvalue weighted by atomic mass is 35.5. The Balaban J connectivity index is 0.00000231. The lowest BCUT2D eigenvalue weighted by molar-refractivity contribution is 0.0601. The number of hydrogen-bond acceptors (Lipinski definition) is 7. The summed E-state index contributed by atoms with van der Waals surface area (Å²) in [7, 11) is 1.35. The summed E-state index contributed by atoms with van der Waals surface area (Å²) in [6.45, 7) is 1.84. The second kappa shape index (κ2) is 8.33. The fourth-order valence-corrected chi connectivity index (χ4v) is 4.35. The van der Waals surface area contributed by atoms with Crippen LogP contribution in [0.3, 0.4) is 0 Å². The first kappa shape index (κ1) is 21.4. The number of halogens is 2. The van der Waals surface area contributed by atoms with Gasteiger partial charge in [-0.25, -0.2) is 19.4 Å². The van der Waals surface area contributed by atoms with E-state index >= 15 is 0 Å². The highest BCUT2D eigenvalue weighted by molar-refractivity contribution is 6.38. The van der Waals surface area contributed by atoms with Crippen LogP contribution in [0.1, 0.15) is 29.2 Å². The second-order valence-electron chi connectivity index (χ2n) is 7.30. The lowest BCUT2D eigenvalue weighted by Gasteiger charge is -2.23. The predicted molar refractivity (Wildman–Crippen MR) is 122 cm³/mol. The third kappa shape index (κ3) is 3.48. The van der Waals surface area contributed by atoms with Gasteiger partial charge in [-0.3, -0.25) is 0 Å². The molecule has 0 spiro atoms. The molecule has 3 aromatic heterocycles. The number of anilines is 1. The number of H-pyrrole nitrogens is 1. The zero-order chi connectivity index (χ0) is 20.8. The number of nitrogens with zero attached hydrogens (tertiary/aromatic N) is 4. The molecule has 0 bridgehead atoms. The van der Waals surface area contributed by atoms with Crippen molar-refractivity contribution in [3.63, 3.8) is 0 Å². The summed E-state index contributed by atoms with van der Waals surface area (Å²) in [6.07, 6.45) is 3.35. The van der Waals surface area contributed by atoms with Gasteiger partial charge in [-0.15, -0.1) is 12.4 Å². The lowest BCUT2D eigenvalue weighted by atomic mass is 10.1. The molecule has 5 rings (SSSR count). The molecular formula is C20H21Cl2N7O2. The summed E-state index contributed by atoms with van der Waals surface area (Å²) in [5, 5.41) is 10.2. The normalized spacial score (nSPS) is 14.6. The molecule has 11 heteroatoms. The van der Waals surface area contributed by atoms with Crippen molar-refractivity contribution < 1.29 is 9.53 Å². The molecule has 1 aromatic carbocycles. The van der Waals surface area contributed by atoms with E-state index in [0.717, 1.165) is 31.3 Å². The van der Waals surface area contributed by atoms with Crippen molar-refractivity contribution in [1.82, 2.24) is 30.0 Å². The van der Waals surface area contributed by atoms with Gasteiger partial charge in [-0.2, -0.15) is 5.10 Å². The van der Waals surface area contributed by atoms with E-state index in [2.05, 4.69) is 20.3 Å². The SMILES string of the molecule is COC(=O)c1ccc2c(Cl)c(-c3nn(C4CCNCC4)c4ncnc(N)c34)[nH]c2c1.Cl. The monoisotopic (exact) mass is 461 g/mol. The molecule has 4 heterocycles. The molecule has 4 aromatic rings. The van der Waals surface area contributed by atoms with E-state index in [1.807, 2.05) is 4.68 Å². The van der Waals surface area contributed by atoms with Crippen molar-refractivity contribution in [2.45, 2.75) is 18.9 Å². The van der Waals surface area contributed by atoms with Gasteiger partial charge in [0, 0.05) is 10.9 Å². The topological polar surface area (TPSA) is 124 Å². The van der Waals surface area contributed by atoms with E-state index < -0.39 is 5.97 Å². The molecule has 0 radical (unpaired) electrons. The first-order valence-corrected chi connectivity index (χ1v) is 10.1. The smallest absolute Gasteiger partial charge is 0.337 e. The van der Waals surface area contributed by atoms with Gasteiger partial charge in [0.05, 0.1) is 34.8 Å². The Hall–Kier alpha value is -2.88. The average Bonchev–Trinajstić information content (AvgIpc) is 3.32.